The lowest BCUT2D eigenvalue weighted by molar-refractivity contribution is 0.563. The minimum absolute atomic E-state index is 0.763. The van der Waals surface area contributed by atoms with Crippen molar-refractivity contribution >= 4 is 10.9 Å². The van der Waals surface area contributed by atoms with Crippen molar-refractivity contribution in [2.24, 2.45) is 0 Å². The summed E-state index contributed by atoms with van der Waals surface area (Å²) in [6.45, 7) is 6.98. The molecule has 0 saturated heterocycles. The topological polar surface area (TPSA) is 0 Å². The van der Waals surface area contributed by atoms with E-state index in [1.807, 2.05) is 0 Å². The van der Waals surface area contributed by atoms with Crippen molar-refractivity contribution in [1.82, 2.24) is 0 Å². The fourth-order valence-electron chi connectivity index (χ4n) is 2.68. The molecule has 0 unspecified atom stereocenters. The zero-order chi connectivity index (χ0) is 14.2. The van der Waals surface area contributed by atoms with Gasteiger partial charge in [0, 0.05) is 0 Å². The highest BCUT2D eigenvalue weighted by Crippen LogP contribution is 2.12. The molecule has 1 heteroatoms. The van der Waals surface area contributed by atoms with E-state index < -0.39 is 0 Å². The van der Waals surface area contributed by atoms with E-state index >= 15 is 0 Å². The van der Waals surface area contributed by atoms with Gasteiger partial charge in [-0.25, -0.2) is 0 Å². The largest absolute Gasteiger partial charge is 0.108 e. The monoisotopic (exact) mass is 287 g/mol. The second kappa shape index (κ2) is 16.4. The highest BCUT2D eigenvalue weighted by Gasteiger charge is 2.14. The van der Waals surface area contributed by atoms with E-state index in [1.54, 1.807) is 0 Å². The summed E-state index contributed by atoms with van der Waals surface area (Å²) >= 11 is 0. The van der Waals surface area contributed by atoms with E-state index in [4.69, 9.17) is 0 Å². The second-order valence-electron chi connectivity index (χ2n) is 5.91. The smallest absolute Gasteiger partial charge is 0.0654 e. The Kier molecular flexibility index (Phi) is 16.7. The average molecular weight is 288 g/mol. The first kappa shape index (κ1) is 19.4. The molecule has 0 aromatic rings. The van der Waals surface area contributed by atoms with Crippen LogP contribution in [0.25, 0.3) is 0 Å². The van der Waals surface area contributed by atoms with Crippen LogP contribution in [0.3, 0.4) is 0 Å². The van der Waals surface area contributed by atoms with Crippen LogP contribution in [0.5, 0.6) is 0 Å². The third-order valence-corrected chi connectivity index (χ3v) is 6.61. The highest BCUT2D eigenvalue weighted by molar-refractivity contribution is 7.96. The fourth-order valence-corrected chi connectivity index (χ4v) is 5.06. The van der Waals surface area contributed by atoms with Gasteiger partial charge < -0.3 is 0 Å². The molecule has 0 amide bonds. The SMILES string of the molecule is CCCCCCCCCCCC[S+](CCC)CCC. The van der Waals surface area contributed by atoms with Crippen molar-refractivity contribution in [1.29, 1.82) is 0 Å². The molecule has 0 fully saturated rings. The van der Waals surface area contributed by atoms with Crippen LogP contribution in [0.15, 0.2) is 0 Å². The van der Waals surface area contributed by atoms with Crippen molar-refractivity contribution in [3.8, 4) is 0 Å². The maximum absolute atomic E-state index is 2.34. The van der Waals surface area contributed by atoms with E-state index in [0.29, 0.717) is 0 Å². The first-order chi connectivity index (χ1) is 9.35. The molecule has 0 nitrogen and oxygen atoms in total. The Hall–Kier alpha value is 0.350. The molecule has 116 valence electrons. The van der Waals surface area contributed by atoms with Crippen LogP contribution >= 0.6 is 0 Å². The van der Waals surface area contributed by atoms with Crippen LogP contribution in [0.2, 0.25) is 0 Å². The molecule has 0 atom stereocenters. The second-order valence-corrected chi connectivity index (χ2v) is 8.36. The van der Waals surface area contributed by atoms with Crippen LogP contribution in [-0.2, 0) is 10.9 Å². The summed E-state index contributed by atoms with van der Waals surface area (Å²) in [5.41, 5.74) is 0. The Balaban J connectivity index is 3.20. The van der Waals surface area contributed by atoms with Gasteiger partial charge in [-0.3, -0.25) is 0 Å². The van der Waals surface area contributed by atoms with Crippen LogP contribution in [0.4, 0.5) is 0 Å². The minimum Gasteiger partial charge on any atom is -0.0654 e. The van der Waals surface area contributed by atoms with Crippen LogP contribution in [0, 0.1) is 0 Å². The van der Waals surface area contributed by atoms with Crippen molar-refractivity contribution < 1.29 is 0 Å². The van der Waals surface area contributed by atoms with Crippen molar-refractivity contribution in [3.63, 3.8) is 0 Å². The zero-order valence-corrected chi connectivity index (χ0v) is 14.8. The van der Waals surface area contributed by atoms with Crippen molar-refractivity contribution in [3.05, 3.63) is 0 Å². The molecule has 0 rings (SSSR count). The van der Waals surface area contributed by atoms with E-state index in [1.165, 1.54) is 94.3 Å². The predicted octanol–water partition coefficient (Wildman–Crippen LogP) is 6.35. The average Bonchev–Trinajstić information content (AvgIpc) is 2.41. The van der Waals surface area contributed by atoms with Crippen LogP contribution in [0.1, 0.15) is 97.8 Å². The molecule has 0 aliphatic carbocycles. The Morgan fingerprint density at radius 3 is 1.26 bits per heavy atom. The molecule has 0 aliphatic heterocycles. The number of rotatable bonds is 15. The summed E-state index contributed by atoms with van der Waals surface area (Å²) in [6.07, 6.45) is 17.5. The maximum atomic E-state index is 2.34. The standard InChI is InChI=1S/C18H39S/c1-4-7-8-9-10-11-12-13-14-15-18-19(16-5-2)17-6-3/h4-18H2,1-3H3/q+1. The van der Waals surface area contributed by atoms with E-state index in [2.05, 4.69) is 20.8 Å². The van der Waals surface area contributed by atoms with Gasteiger partial charge in [0.25, 0.3) is 0 Å². The molecule has 0 aliphatic rings. The lowest BCUT2D eigenvalue weighted by Crippen LogP contribution is -2.15. The van der Waals surface area contributed by atoms with Crippen LogP contribution < -0.4 is 0 Å². The summed E-state index contributed by atoms with van der Waals surface area (Å²) < 4.78 is 0. The van der Waals surface area contributed by atoms with Gasteiger partial charge in [-0.05, 0) is 36.6 Å². The molecule has 0 heterocycles. The maximum Gasteiger partial charge on any atom is 0.108 e. The Morgan fingerprint density at radius 1 is 0.421 bits per heavy atom. The van der Waals surface area contributed by atoms with Crippen molar-refractivity contribution in [2.75, 3.05) is 17.3 Å². The molecular weight excluding hydrogens is 248 g/mol. The zero-order valence-electron chi connectivity index (χ0n) is 14.0. The van der Waals surface area contributed by atoms with Crippen molar-refractivity contribution in [2.45, 2.75) is 97.8 Å². The molecule has 19 heavy (non-hydrogen) atoms. The van der Waals surface area contributed by atoms with E-state index in [0.717, 1.165) is 10.9 Å². The molecule has 0 saturated carbocycles. The van der Waals surface area contributed by atoms with Crippen LogP contribution in [-0.4, -0.2) is 17.3 Å². The third kappa shape index (κ3) is 14.6. The lowest BCUT2D eigenvalue weighted by atomic mass is 10.1. The lowest BCUT2D eigenvalue weighted by Gasteiger charge is -2.07. The first-order valence-electron chi connectivity index (χ1n) is 8.99. The highest BCUT2D eigenvalue weighted by atomic mass is 32.2. The fraction of sp³-hybridized carbons (Fsp3) is 1.00. The Morgan fingerprint density at radius 2 is 0.842 bits per heavy atom. The normalized spacial score (nSPS) is 11.4. The third-order valence-electron chi connectivity index (χ3n) is 3.77. The van der Waals surface area contributed by atoms with Gasteiger partial charge in [-0.2, -0.15) is 0 Å². The summed E-state index contributed by atoms with van der Waals surface area (Å²) in [5, 5.41) is 0. The van der Waals surface area contributed by atoms with E-state index in [-0.39, 0.29) is 0 Å². The number of hydrogen-bond donors (Lipinski definition) is 0. The minimum atomic E-state index is 0.763. The molecule has 0 bridgehead atoms. The summed E-state index contributed by atoms with van der Waals surface area (Å²) in [5.74, 6) is 4.51. The molecule has 0 spiro atoms. The Bertz CT molecular complexity index is 150. The van der Waals surface area contributed by atoms with Gasteiger partial charge in [0.05, 0.1) is 0 Å². The summed E-state index contributed by atoms with van der Waals surface area (Å²) in [6, 6.07) is 0. The summed E-state index contributed by atoms with van der Waals surface area (Å²) in [7, 11) is 0.763. The Labute approximate surface area is 126 Å². The predicted molar refractivity (Wildman–Crippen MR) is 94.4 cm³/mol. The molecule has 0 radical (unpaired) electrons. The molecule has 0 aromatic heterocycles. The van der Waals surface area contributed by atoms with E-state index in [9.17, 15) is 0 Å². The number of unbranched alkanes of at least 4 members (excludes halogenated alkanes) is 9. The van der Waals surface area contributed by atoms with Gasteiger partial charge in [0.1, 0.15) is 17.3 Å². The quantitative estimate of drug-likeness (QED) is 0.243. The van der Waals surface area contributed by atoms with Gasteiger partial charge in [-0.15, -0.1) is 0 Å². The van der Waals surface area contributed by atoms with Gasteiger partial charge >= 0.3 is 0 Å². The summed E-state index contributed by atoms with van der Waals surface area (Å²) in [4.78, 5) is 0. The molecular formula is C18H39S+. The van der Waals surface area contributed by atoms with Gasteiger partial charge in [0.15, 0.2) is 0 Å². The van der Waals surface area contributed by atoms with Gasteiger partial charge in [0.2, 0.25) is 0 Å². The van der Waals surface area contributed by atoms with Gasteiger partial charge in [-0.1, -0.05) is 72.1 Å². The molecule has 0 aromatic carbocycles. The first-order valence-corrected chi connectivity index (χ1v) is 10.7. The molecule has 0 N–H and O–H groups in total. The number of hydrogen-bond acceptors (Lipinski definition) is 0.